The minimum absolute atomic E-state index is 0.181. The molecule has 0 N–H and O–H groups in total. The first-order valence-electron chi connectivity index (χ1n) is 13.1. The fraction of sp³-hybridized carbons (Fsp3) is 1.00. The average Bonchev–Trinajstić information content (AvgIpc) is 3.08. The van der Waals surface area contributed by atoms with E-state index < -0.39 is 0 Å². The molecule has 1 fully saturated rings. The summed E-state index contributed by atoms with van der Waals surface area (Å²) in [6, 6.07) is 0.815. The van der Waals surface area contributed by atoms with Crippen LogP contribution in [-0.2, 0) is 0 Å². The maximum atomic E-state index is 10.7. The summed E-state index contributed by atoms with van der Waals surface area (Å²) in [5.74, 6) is 1.87. The molecule has 1 heterocycles. The van der Waals surface area contributed by atoms with Gasteiger partial charge < -0.3 is 4.90 Å². The lowest BCUT2D eigenvalue weighted by Gasteiger charge is -2.16. The fourth-order valence-corrected chi connectivity index (χ4v) is 2.23. The highest BCUT2D eigenvalue weighted by Gasteiger charge is 2.23. The molecule has 0 aromatic rings. The highest BCUT2D eigenvalue weighted by Crippen LogP contribution is 2.20. The summed E-state index contributed by atoms with van der Waals surface area (Å²) in [6.45, 7) is 26.8. The van der Waals surface area contributed by atoms with Crippen LogP contribution in [0.2, 0.25) is 0 Å². The SMILES string of the molecule is CC.CC.CC1CCN(C)C1C.CCCC.CCCCCC(C)CC.CCCF. The third-order valence-corrected chi connectivity index (χ3v) is 5.14. The minimum atomic E-state index is -0.181. The fourth-order valence-electron chi connectivity index (χ4n) is 2.23. The lowest BCUT2D eigenvalue weighted by atomic mass is 10.0. The van der Waals surface area contributed by atoms with E-state index in [1.54, 1.807) is 6.92 Å². The zero-order valence-corrected chi connectivity index (χ0v) is 23.3. The maximum Gasteiger partial charge on any atom is 0.0891 e. The van der Waals surface area contributed by atoms with Crippen molar-refractivity contribution in [3.05, 3.63) is 0 Å². The summed E-state index contributed by atoms with van der Waals surface area (Å²) in [6.07, 6.45) is 11.7. The summed E-state index contributed by atoms with van der Waals surface area (Å²) in [7, 11) is 2.20. The van der Waals surface area contributed by atoms with Gasteiger partial charge in [-0.3, -0.25) is 4.39 Å². The van der Waals surface area contributed by atoms with Crippen molar-refractivity contribution in [2.75, 3.05) is 20.3 Å². The molecule has 0 radical (unpaired) electrons. The van der Waals surface area contributed by atoms with Crippen LogP contribution in [0.5, 0.6) is 0 Å². The highest BCUT2D eigenvalue weighted by atomic mass is 19.1. The second-order valence-corrected chi connectivity index (χ2v) is 7.69. The van der Waals surface area contributed by atoms with Gasteiger partial charge in [0.2, 0.25) is 0 Å². The van der Waals surface area contributed by atoms with Gasteiger partial charge in [-0.1, -0.05) is 121 Å². The van der Waals surface area contributed by atoms with Crippen molar-refractivity contribution in [3.8, 4) is 0 Å². The number of hydrogen-bond donors (Lipinski definition) is 0. The Bertz CT molecular complexity index is 203. The summed E-state index contributed by atoms with van der Waals surface area (Å²) in [5.41, 5.74) is 0. The Morgan fingerprint density at radius 1 is 0.828 bits per heavy atom. The molecule has 29 heavy (non-hydrogen) atoms. The molecule has 1 saturated heterocycles. The molecule has 184 valence electrons. The van der Waals surface area contributed by atoms with E-state index in [0.29, 0.717) is 6.42 Å². The molecule has 3 atom stereocenters. The number of halogens is 1. The standard InChI is InChI=1S/C9H20.C7H15N.C4H10.C3H7F.2C2H6/c1-4-6-7-8-9(3)5-2;1-6-4-5-8(3)7(6)2;1-3-4-2;1-2-3-4;2*1-2/h9H,4-8H2,1-3H3;6-7H,4-5H2,1-3H3;3-4H2,1-2H3;2-3H2,1H3;2*1-2H3. The van der Waals surface area contributed by atoms with Gasteiger partial charge in [0.15, 0.2) is 0 Å². The van der Waals surface area contributed by atoms with Gasteiger partial charge in [0.05, 0.1) is 6.67 Å². The molecule has 1 aliphatic heterocycles. The summed E-state index contributed by atoms with van der Waals surface area (Å²) in [5, 5.41) is 0. The van der Waals surface area contributed by atoms with Crippen LogP contribution in [0, 0.1) is 11.8 Å². The van der Waals surface area contributed by atoms with E-state index in [0.717, 1.165) is 17.9 Å². The number of hydrogen-bond acceptors (Lipinski definition) is 1. The Labute approximate surface area is 188 Å². The van der Waals surface area contributed by atoms with E-state index in [2.05, 4.69) is 60.4 Å². The van der Waals surface area contributed by atoms with Crippen LogP contribution in [0.25, 0.3) is 0 Å². The van der Waals surface area contributed by atoms with Gasteiger partial charge in [0.25, 0.3) is 0 Å². The Morgan fingerprint density at radius 2 is 1.28 bits per heavy atom. The van der Waals surface area contributed by atoms with E-state index >= 15 is 0 Å². The van der Waals surface area contributed by atoms with Crippen molar-refractivity contribution in [1.29, 1.82) is 0 Å². The van der Waals surface area contributed by atoms with Gasteiger partial charge >= 0.3 is 0 Å². The number of unbranched alkanes of at least 4 members (excludes halogenated alkanes) is 3. The van der Waals surface area contributed by atoms with Crippen LogP contribution in [0.3, 0.4) is 0 Å². The third-order valence-electron chi connectivity index (χ3n) is 5.14. The second kappa shape index (κ2) is 38.5. The first-order valence-corrected chi connectivity index (χ1v) is 13.1. The zero-order valence-electron chi connectivity index (χ0n) is 23.3. The predicted octanol–water partition coefficient (Wildman–Crippen LogP) is 10.2. The summed E-state index contributed by atoms with van der Waals surface area (Å²) < 4.78 is 10.7. The van der Waals surface area contributed by atoms with Gasteiger partial charge in [0.1, 0.15) is 0 Å². The van der Waals surface area contributed by atoms with Gasteiger partial charge in [-0.2, -0.15) is 0 Å². The first-order chi connectivity index (χ1) is 13.9. The molecule has 0 saturated carbocycles. The van der Waals surface area contributed by atoms with E-state index in [1.165, 1.54) is 57.9 Å². The normalized spacial score (nSPS) is 18.0. The monoisotopic (exact) mass is 422 g/mol. The average molecular weight is 422 g/mol. The van der Waals surface area contributed by atoms with Crippen LogP contribution < -0.4 is 0 Å². The van der Waals surface area contributed by atoms with Gasteiger partial charge in [-0.25, -0.2) is 0 Å². The molecular weight excluding hydrogens is 357 g/mol. The van der Waals surface area contributed by atoms with Crippen LogP contribution in [-0.4, -0.2) is 31.2 Å². The number of alkyl halides is 1. The number of likely N-dealkylation sites (tertiary alicyclic amines) is 1. The Morgan fingerprint density at radius 3 is 1.45 bits per heavy atom. The molecule has 1 nitrogen and oxygen atoms in total. The van der Waals surface area contributed by atoms with E-state index in [9.17, 15) is 4.39 Å². The predicted molar refractivity (Wildman–Crippen MR) is 139 cm³/mol. The van der Waals surface area contributed by atoms with Crippen molar-refractivity contribution in [3.63, 3.8) is 0 Å². The topological polar surface area (TPSA) is 3.24 Å². The molecule has 0 bridgehead atoms. The largest absolute Gasteiger partial charge is 0.303 e. The molecule has 0 spiro atoms. The van der Waals surface area contributed by atoms with Crippen molar-refractivity contribution < 1.29 is 4.39 Å². The smallest absolute Gasteiger partial charge is 0.0891 e. The van der Waals surface area contributed by atoms with Crippen molar-refractivity contribution in [2.24, 2.45) is 11.8 Å². The first kappa shape index (κ1) is 39.4. The Hall–Kier alpha value is -0.110. The zero-order chi connectivity index (χ0) is 24.1. The van der Waals surface area contributed by atoms with Gasteiger partial charge in [-0.05, 0) is 45.2 Å². The molecule has 0 aromatic carbocycles. The molecule has 0 aliphatic carbocycles. The van der Waals surface area contributed by atoms with Crippen LogP contribution in [0.1, 0.15) is 141 Å². The quantitative estimate of drug-likeness (QED) is 0.369. The van der Waals surface area contributed by atoms with Gasteiger partial charge in [-0.15, -0.1) is 0 Å². The minimum Gasteiger partial charge on any atom is -0.303 e. The lowest BCUT2D eigenvalue weighted by Crippen LogP contribution is -2.24. The number of rotatable bonds is 7. The third kappa shape index (κ3) is 39.0. The molecule has 0 aromatic heterocycles. The van der Waals surface area contributed by atoms with E-state index in [4.69, 9.17) is 0 Å². The summed E-state index contributed by atoms with van der Waals surface area (Å²) in [4.78, 5) is 2.42. The van der Waals surface area contributed by atoms with Gasteiger partial charge in [0, 0.05) is 6.04 Å². The van der Waals surface area contributed by atoms with Crippen LogP contribution in [0.15, 0.2) is 0 Å². The van der Waals surface area contributed by atoms with E-state index in [1.807, 2.05) is 27.7 Å². The molecule has 3 unspecified atom stereocenters. The van der Waals surface area contributed by atoms with Crippen molar-refractivity contribution in [2.45, 2.75) is 147 Å². The second-order valence-electron chi connectivity index (χ2n) is 7.69. The molecule has 1 rings (SSSR count). The maximum absolute atomic E-state index is 10.7. The van der Waals surface area contributed by atoms with Crippen LogP contribution in [0.4, 0.5) is 4.39 Å². The van der Waals surface area contributed by atoms with Crippen LogP contribution >= 0.6 is 0 Å². The summed E-state index contributed by atoms with van der Waals surface area (Å²) >= 11 is 0. The van der Waals surface area contributed by atoms with E-state index in [-0.39, 0.29) is 6.67 Å². The molecule has 0 amide bonds. The Balaban J connectivity index is -0.0000000876. The van der Waals surface area contributed by atoms with Crippen molar-refractivity contribution >= 4 is 0 Å². The molecular formula is C27H64FN. The highest BCUT2D eigenvalue weighted by molar-refractivity contribution is 4.77. The Kier molecular flexibility index (Phi) is 52.3. The van der Waals surface area contributed by atoms with Crippen molar-refractivity contribution in [1.82, 2.24) is 4.90 Å². The molecule has 2 heteroatoms. The number of nitrogens with zero attached hydrogens (tertiary/aromatic N) is 1. The lowest BCUT2D eigenvalue weighted by molar-refractivity contribution is 0.301. The molecule has 1 aliphatic rings.